The fraction of sp³-hybridized carbons (Fsp3) is 0.0345. The van der Waals surface area contributed by atoms with Crippen molar-refractivity contribution in [2.24, 2.45) is 15.3 Å². The van der Waals surface area contributed by atoms with Gasteiger partial charge in [-0.1, -0.05) is 54.6 Å². The lowest BCUT2D eigenvalue weighted by Crippen LogP contribution is -2.30. The number of hydrogen-bond donors (Lipinski definition) is 1. The maximum absolute atomic E-state index is 13.5. The fourth-order valence-electron chi connectivity index (χ4n) is 4.41. The molecule has 37 heavy (non-hydrogen) atoms. The van der Waals surface area contributed by atoms with E-state index in [9.17, 15) is 10.1 Å². The minimum absolute atomic E-state index is 0.157. The number of benzene rings is 4. The molecule has 6 rings (SSSR count). The van der Waals surface area contributed by atoms with E-state index in [0.717, 1.165) is 16.5 Å². The first-order chi connectivity index (χ1) is 18.2. The molecule has 1 aliphatic rings. The Balaban J connectivity index is 1.40. The van der Waals surface area contributed by atoms with Crippen LogP contribution in [0.3, 0.4) is 0 Å². The van der Waals surface area contributed by atoms with Crippen LogP contribution in [0.5, 0.6) is 0 Å². The molecule has 0 spiro atoms. The van der Waals surface area contributed by atoms with E-state index in [1.807, 2.05) is 84.9 Å². The average Bonchev–Trinajstić information content (AvgIpc) is 3.32. The van der Waals surface area contributed by atoms with Gasteiger partial charge in [-0.05, 0) is 43.3 Å². The number of hydrogen-bond acceptors (Lipinski definition) is 7. The molecule has 4 aromatic carbocycles. The molecule has 1 aliphatic heterocycles. The lowest BCUT2D eigenvalue weighted by molar-refractivity contribution is 0.0992. The Morgan fingerprint density at radius 3 is 2.41 bits per heavy atom. The lowest BCUT2D eigenvalue weighted by Gasteiger charge is -2.17. The minimum atomic E-state index is -0.342. The van der Waals surface area contributed by atoms with Gasteiger partial charge in [0, 0.05) is 16.3 Å². The van der Waals surface area contributed by atoms with E-state index in [2.05, 4.69) is 31.8 Å². The molecule has 0 unspecified atom stereocenters. The SMILES string of the molecule is CC1=C(C#N)c2nc3ccccc3n2C(=O)/C1=N/Nc1ccc(N=Nc2ccccc2)c2ccccc12. The van der Waals surface area contributed by atoms with Crippen molar-refractivity contribution < 1.29 is 4.79 Å². The predicted molar refractivity (Wildman–Crippen MR) is 144 cm³/mol. The van der Waals surface area contributed by atoms with E-state index in [0.29, 0.717) is 39.4 Å². The van der Waals surface area contributed by atoms with Crippen LogP contribution in [0.25, 0.3) is 27.4 Å². The number of anilines is 1. The molecule has 0 fully saturated rings. The van der Waals surface area contributed by atoms with E-state index in [-0.39, 0.29) is 11.6 Å². The third kappa shape index (κ3) is 3.75. The molecule has 0 radical (unpaired) electrons. The largest absolute Gasteiger partial charge is 0.284 e. The Bertz CT molecular complexity index is 1840. The van der Waals surface area contributed by atoms with Crippen molar-refractivity contribution in [3.63, 3.8) is 0 Å². The highest BCUT2D eigenvalue weighted by Gasteiger charge is 2.32. The first-order valence-corrected chi connectivity index (χ1v) is 11.6. The van der Waals surface area contributed by atoms with Gasteiger partial charge in [0.25, 0.3) is 5.91 Å². The highest BCUT2D eigenvalue weighted by Crippen LogP contribution is 2.34. The summed E-state index contributed by atoms with van der Waals surface area (Å²) in [5.74, 6) is -0.00554. The zero-order valence-corrected chi connectivity index (χ0v) is 19.8. The Kier molecular flexibility index (Phi) is 5.36. The highest BCUT2D eigenvalue weighted by atomic mass is 16.2. The second-order valence-electron chi connectivity index (χ2n) is 8.46. The van der Waals surface area contributed by atoms with Gasteiger partial charge in [-0.25, -0.2) is 4.98 Å². The molecule has 0 amide bonds. The molecule has 0 atom stereocenters. The second-order valence-corrected chi connectivity index (χ2v) is 8.46. The van der Waals surface area contributed by atoms with Crippen LogP contribution in [0.4, 0.5) is 17.1 Å². The van der Waals surface area contributed by atoms with Crippen LogP contribution < -0.4 is 5.43 Å². The zero-order valence-electron chi connectivity index (χ0n) is 19.8. The summed E-state index contributed by atoms with van der Waals surface area (Å²) in [6.07, 6.45) is 0. The molecule has 8 nitrogen and oxygen atoms in total. The molecule has 8 heteroatoms. The van der Waals surface area contributed by atoms with E-state index < -0.39 is 0 Å². The summed E-state index contributed by atoms with van der Waals surface area (Å²) < 4.78 is 1.45. The Morgan fingerprint density at radius 2 is 1.59 bits per heavy atom. The molecule has 0 bridgehead atoms. The van der Waals surface area contributed by atoms with Crippen molar-refractivity contribution in [3.05, 3.63) is 102 Å². The molecule has 176 valence electrons. The summed E-state index contributed by atoms with van der Waals surface area (Å²) in [5.41, 5.74) is 7.45. The standard InChI is InChI=1S/C29H19N7O/c1-18-22(17-30)28-31-25-13-7-8-14-26(25)36(28)29(37)27(18)35-34-24-16-15-23(20-11-5-6-12-21(20)24)33-32-19-9-3-2-4-10-19/h2-16,34H,1H3/b33-32?,35-27+. The number of nitriles is 1. The van der Waals surface area contributed by atoms with E-state index in [4.69, 9.17) is 0 Å². The zero-order chi connectivity index (χ0) is 25.4. The minimum Gasteiger partial charge on any atom is -0.277 e. The number of para-hydroxylation sites is 2. The number of rotatable bonds is 4. The fourth-order valence-corrected chi connectivity index (χ4v) is 4.41. The van der Waals surface area contributed by atoms with Crippen molar-refractivity contribution in [1.29, 1.82) is 5.26 Å². The van der Waals surface area contributed by atoms with Crippen LogP contribution in [0.1, 0.15) is 17.5 Å². The first kappa shape index (κ1) is 22.1. The normalized spacial score (nSPS) is 14.5. The molecule has 1 N–H and O–H groups in total. The number of carbonyl (C=O) groups is 1. The van der Waals surface area contributed by atoms with Gasteiger partial charge in [0.2, 0.25) is 0 Å². The van der Waals surface area contributed by atoms with Crippen LogP contribution in [0.15, 0.2) is 112 Å². The summed E-state index contributed by atoms with van der Waals surface area (Å²) in [4.78, 5) is 18.0. The number of aromatic nitrogens is 2. The van der Waals surface area contributed by atoms with Gasteiger partial charge in [0.1, 0.15) is 11.6 Å². The van der Waals surface area contributed by atoms with Crippen LogP contribution in [-0.4, -0.2) is 21.2 Å². The Hall–Kier alpha value is -5.42. The van der Waals surface area contributed by atoms with E-state index in [1.165, 1.54) is 4.57 Å². The summed E-state index contributed by atoms with van der Waals surface area (Å²) in [6.45, 7) is 1.71. The van der Waals surface area contributed by atoms with Gasteiger partial charge in [-0.15, -0.1) is 5.11 Å². The molecule has 1 aromatic heterocycles. The van der Waals surface area contributed by atoms with E-state index in [1.54, 1.807) is 13.0 Å². The molecular formula is C29H19N7O. The van der Waals surface area contributed by atoms with Crippen molar-refractivity contribution in [2.75, 3.05) is 5.43 Å². The number of nitrogens with zero attached hydrogens (tertiary/aromatic N) is 6. The molecule has 0 aliphatic carbocycles. The number of carbonyl (C=O) groups excluding carboxylic acids is 1. The summed E-state index contributed by atoms with van der Waals surface area (Å²) >= 11 is 0. The van der Waals surface area contributed by atoms with Gasteiger partial charge in [0.05, 0.1) is 28.1 Å². The van der Waals surface area contributed by atoms with E-state index >= 15 is 0 Å². The van der Waals surface area contributed by atoms with Crippen LogP contribution >= 0.6 is 0 Å². The molecular weight excluding hydrogens is 462 g/mol. The van der Waals surface area contributed by atoms with Gasteiger partial charge in [0.15, 0.2) is 11.5 Å². The van der Waals surface area contributed by atoms with Crippen molar-refractivity contribution in [3.8, 4) is 6.07 Å². The average molecular weight is 482 g/mol. The topological polar surface area (TPSA) is 108 Å². The number of hydrazone groups is 1. The number of azo groups is 1. The lowest BCUT2D eigenvalue weighted by atomic mass is 10.0. The monoisotopic (exact) mass is 481 g/mol. The van der Waals surface area contributed by atoms with Gasteiger partial charge in [-0.3, -0.25) is 14.8 Å². The summed E-state index contributed by atoms with van der Waals surface area (Å²) in [7, 11) is 0. The van der Waals surface area contributed by atoms with Crippen LogP contribution in [-0.2, 0) is 0 Å². The van der Waals surface area contributed by atoms with Crippen molar-refractivity contribution in [1.82, 2.24) is 9.55 Å². The number of allylic oxidation sites excluding steroid dienone is 2. The number of imidazole rings is 1. The van der Waals surface area contributed by atoms with Crippen LogP contribution in [0, 0.1) is 11.3 Å². The predicted octanol–water partition coefficient (Wildman–Crippen LogP) is 7.02. The van der Waals surface area contributed by atoms with Gasteiger partial charge >= 0.3 is 0 Å². The van der Waals surface area contributed by atoms with Crippen molar-refractivity contribution >= 4 is 56.1 Å². The van der Waals surface area contributed by atoms with Crippen molar-refractivity contribution in [2.45, 2.75) is 6.92 Å². The summed E-state index contributed by atoms with van der Waals surface area (Å²) in [5, 5.41) is 24.9. The molecule has 0 saturated heterocycles. The molecule has 0 saturated carbocycles. The molecule has 2 heterocycles. The third-order valence-electron chi connectivity index (χ3n) is 6.25. The first-order valence-electron chi connectivity index (χ1n) is 11.6. The second kappa shape index (κ2) is 8.98. The number of fused-ring (bicyclic) bond motifs is 4. The maximum Gasteiger partial charge on any atom is 0.284 e. The van der Waals surface area contributed by atoms with Gasteiger partial charge < -0.3 is 0 Å². The Morgan fingerprint density at radius 1 is 0.865 bits per heavy atom. The summed E-state index contributed by atoms with van der Waals surface area (Å²) in [6, 6.07) is 30.5. The van der Waals surface area contributed by atoms with Gasteiger partial charge in [-0.2, -0.15) is 15.5 Å². The molecule has 5 aromatic rings. The van der Waals surface area contributed by atoms with Crippen LogP contribution in [0.2, 0.25) is 0 Å². The Labute approximate surface area is 211 Å². The number of nitrogens with one attached hydrogen (secondary N) is 1. The maximum atomic E-state index is 13.5. The quantitative estimate of drug-likeness (QED) is 0.220. The smallest absolute Gasteiger partial charge is 0.277 e. The third-order valence-corrected chi connectivity index (χ3v) is 6.25. The highest BCUT2D eigenvalue weighted by molar-refractivity contribution is 6.49.